The van der Waals surface area contributed by atoms with Gasteiger partial charge >= 0.3 is 5.97 Å². The van der Waals surface area contributed by atoms with Crippen LogP contribution in [-0.2, 0) is 25.7 Å². The van der Waals surface area contributed by atoms with E-state index in [-0.39, 0.29) is 12.5 Å². The summed E-state index contributed by atoms with van der Waals surface area (Å²) in [6, 6.07) is 12.2. The number of nitrogens with one attached hydrogen (secondary N) is 1. The summed E-state index contributed by atoms with van der Waals surface area (Å²) in [7, 11) is 3.05. The van der Waals surface area contributed by atoms with E-state index >= 15 is 0 Å². The lowest BCUT2D eigenvalue weighted by molar-refractivity contribution is -0.148. The number of rotatable bonds is 11. The number of ether oxygens (including phenoxy) is 3. The van der Waals surface area contributed by atoms with Crippen LogP contribution >= 0.6 is 11.6 Å². The Morgan fingerprint density at radius 1 is 1.06 bits per heavy atom. The van der Waals surface area contributed by atoms with E-state index in [9.17, 15) is 14.4 Å². The van der Waals surface area contributed by atoms with E-state index in [1.807, 2.05) is 0 Å². The number of nitrogens with zero attached hydrogens (tertiary/aromatic N) is 1. The molecule has 2 aromatic rings. The van der Waals surface area contributed by atoms with Crippen molar-refractivity contribution in [3.8, 4) is 11.5 Å². The van der Waals surface area contributed by atoms with Crippen molar-refractivity contribution < 1.29 is 28.6 Å². The van der Waals surface area contributed by atoms with E-state index in [1.165, 1.54) is 24.2 Å². The van der Waals surface area contributed by atoms with Crippen LogP contribution < -0.4 is 14.8 Å². The molecule has 0 spiro atoms. The van der Waals surface area contributed by atoms with Crippen LogP contribution in [0, 0.1) is 0 Å². The second-order valence-corrected chi connectivity index (χ2v) is 7.30. The Bertz CT molecular complexity index is 991. The lowest BCUT2D eigenvalue weighted by Gasteiger charge is -2.20. The van der Waals surface area contributed by atoms with Gasteiger partial charge in [-0.15, -0.1) is 0 Å². The Morgan fingerprint density at radius 3 is 2.42 bits per heavy atom. The fourth-order valence-corrected chi connectivity index (χ4v) is 2.92. The normalized spacial score (nSPS) is 10.5. The van der Waals surface area contributed by atoms with Crippen molar-refractivity contribution in [3.63, 3.8) is 0 Å². The molecule has 0 saturated heterocycles. The number of esters is 1. The Kier molecular flexibility index (Phi) is 10.2. The first-order chi connectivity index (χ1) is 15.9. The Hall–Kier alpha value is -3.52. The van der Waals surface area contributed by atoms with Gasteiger partial charge in [-0.2, -0.15) is 0 Å². The molecule has 0 aromatic heterocycles. The van der Waals surface area contributed by atoms with Crippen LogP contribution in [-0.4, -0.2) is 56.6 Å². The molecule has 0 unspecified atom stereocenters. The van der Waals surface area contributed by atoms with Crippen molar-refractivity contribution in [2.75, 3.05) is 33.9 Å². The van der Waals surface area contributed by atoms with Gasteiger partial charge in [0.05, 0.1) is 20.8 Å². The first-order valence-electron chi connectivity index (χ1n) is 10.2. The van der Waals surface area contributed by atoms with Crippen LogP contribution in [0.1, 0.15) is 18.1 Å². The highest BCUT2D eigenvalue weighted by Gasteiger charge is 2.17. The second kappa shape index (κ2) is 13.1. The number of halogens is 1. The molecule has 2 rings (SSSR count). The number of carbonyl (C=O) groups is 3. The largest absolute Gasteiger partial charge is 0.497 e. The fraction of sp³-hybridized carbons (Fsp3) is 0.292. The molecule has 8 nitrogen and oxygen atoms in total. The lowest BCUT2D eigenvalue weighted by Crippen LogP contribution is -2.42. The maximum Gasteiger partial charge on any atom is 0.331 e. The number of amides is 2. The molecule has 0 aliphatic rings. The molecule has 0 heterocycles. The smallest absolute Gasteiger partial charge is 0.331 e. The molecule has 1 N–H and O–H groups in total. The predicted molar refractivity (Wildman–Crippen MR) is 125 cm³/mol. The predicted octanol–water partition coefficient (Wildman–Crippen LogP) is 3.08. The first-order valence-corrected chi connectivity index (χ1v) is 10.6. The molecule has 0 saturated carbocycles. The molecule has 0 radical (unpaired) electrons. The minimum Gasteiger partial charge on any atom is -0.497 e. The Morgan fingerprint density at radius 2 is 1.79 bits per heavy atom. The Labute approximate surface area is 198 Å². The summed E-state index contributed by atoms with van der Waals surface area (Å²) in [5, 5.41) is 3.36. The fourth-order valence-electron chi connectivity index (χ4n) is 2.79. The Balaban J connectivity index is 1.82. The standard InChI is InChI=1S/C24H27ClN2O6/c1-4-27(15-22(28)26-14-17-5-9-19(25)10-6-17)23(29)16-33-24(30)12-8-18-7-11-20(31-2)13-21(18)32-3/h5-13H,4,14-16H2,1-3H3,(H,26,28). The van der Waals surface area contributed by atoms with Gasteiger partial charge in [-0.1, -0.05) is 23.7 Å². The van der Waals surface area contributed by atoms with Gasteiger partial charge in [-0.3, -0.25) is 9.59 Å². The minimum atomic E-state index is -0.690. The number of hydrogen-bond donors (Lipinski definition) is 1. The average Bonchev–Trinajstić information content (AvgIpc) is 2.83. The third kappa shape index (κ3) is 8.50. The van der Waals surface area contributed by atoms with Crippen molar-refractivity contribution in [2.24, 2.45) is 0 Å². The third-order valence-electron chi connectivity index (χ3n) is 4.65. The summed E-state index contributed by atoms with van der Waals surface area (Å²) in [5.74, 6) is -0.337. The van der Waals surface area contributed by atoms with E-state index in [0.29, 0.717) is 35.2 Å². The van der Waals surface area contributed by atoms with Crippen molar-refractivity contribution >= 4 is 35.5 Å². The van der Waals surface area contributed by atoms with Gasteiger partial charge in [0, 0.05) is 35.8 Å². The van der Waals surface area contributed by atoms with Gasteiger partial charge in [-0.05, 0) is 42.8 Å². The molecule has 2 aromatic carbocycles. The topological polar surface area (TPSA) is 94.2 Å². The number of likely N-dealkylation sites (N-methyl/N-ethyl adjacent to an activating group) is 1. The molecule has 0 fully saturated rings. The van der Waals surface area contributed by atoms with E-state index in [1.54, 1.807) is 56.5 Å². The first kappa shape index (κ1) is 25.7. The zero-order chi connectivity index (χ0) is 24.2. The minimum absolute atomic E-state index is 0.140. The summed E-state index contributed by atoms with van der Waals surface area (Å²) in [5.41, 5.74) is 1.53. The van der Waals surface area contributed by atoms with Crippen LogP contribution in [0.15, 0.2) is 48.5 Å². The van der Waals surface area contributed by atoms with E-state index < -0.39 is 18.5 Å². The molecule has 0 bridgehead atoms. The molecule has 9 heteroatoms. The van der Waals surface area contributed by atoms with Crippen molar-refractivity contribution in [1.29, 1.82) is 0 Å². The van der Waals surface area contributed by atoms with Crippen LogP contribution in [0.25, 0.3) is 6.08 Å². The molecule has 0 aliphatic carbocycles. The zero-order valence-electron chi connectivity index (χ0n) is 18.8. The van der Waals surface area contributed by atoms with Crippen LogP contribution in [0.3, 0.4) is 0 Å². The number of methoxy groups -OCH3 is 2. The highest BCUT2D eigenvalue weighted by Crippen LogP contribution is 2.25. The number of benzene rings is 2. The summed E-state index contributed by atoms with van der Waals surface area (Å²) < 4.78 is 15.4. The molecule has 2 amide bonds. The van der Waals surface area contributed by atoms with Gasteiger partial charge < -0.3 is 24.4 Å². The van der Waals surface area contributed by atoms with Crippen LogP contribution in [0.4, 0.5) is 0 Å². The van der Waals surface area contributed by atoms with Crippen molar-refractivity contribution in [3.05, 3.63) is 64.7 Å². The molecular weight excluding hydrogens is 448 g/mol. The molecule has 0 aliphatic heterocycles. The van der Waals surface area contributed by atoms with Gasteiger partial charge in [0.15, 0.2) is 6.61 Å². The molecular formula is C24H27ClN2O6. The highest BCUT2D eigenvalue weighted by atomic mass is 35.5. The van der Waals surface area contributed by atoms with Crippen molar-refractivity contribution in [2.45, 2.75) is 13.5 Å². The van der Waals surface area contributed by atoms with E-state index in [4.69, 9.17) is 25.8 Å². The van der Waals surface area contributed by atoms with Gasteiger partial charge in [0.25, 0.3) is 5.91 Å². The quantitative estimate of drug-likeness (QED) is 0.397. The monoisotopic (exact) mass is 474 g/mol. The van der Waals surface area contributed by atoms with Gasteiger partial charge in [0.2, 0.25) is 5.91 Å². The molecule has 0 atom stereocenters. The SMILES string of the molecule is CCN(CC(=O)NCc1ccc(Cl)cc1)C(=O)COC(=O)C=Cc1ccc(OC)cc1OC. The van der Waals surface area contributed by atoms with Gasteiger partial charge in [0.1, 0.15) is 11.5 Å². The maximum absolute atomic E-state index is 12.4. The van der Waals surface area contributed by atoms with Crippen molar-refractivity contribution in [1.82, 2.24) is 10.2 Å². The zero-order valence-corrected chi connectivity index (χ0v) is 19.6. The van der Waals surface area contributed by atoms with Crippen LogP contribution in [0.5, 0.6) is 11.5 Å². The van der Waals surface area contributed by atoms with E-state index in [0.717, 1.165) is 5.56 Å². The second-order valence-electron chi connectivity index (χ2n) is 6.86. The average molecular weight is 475 g/mol. The highest BCUT2D eigenvalue weighted by molar-refractivity contribution is 6.30. The number of hydrogen-bond acceptors (Lipinski definition) is 6. The van der Waals surface area contributed by atoms with E-state index in [2.05, 4.69) is 5.32 Å². The van der Waals surface area contributed by atoms with Gasteiger partial charge in [-0.25, -0.2) is 4.79 Å². The molecule has 33 heavy (non-hydrogen) atoms. The third-order valence-corrected chi connectivity index (χ3v) is 4.90. The summed E-state index contributed by atoms with van der Waals surface area (Å²) in [6.07, 6.45) is 2.72. The molecule has 176 valence electrons. The summed E-state index contributed by atoms with van der Waals surface area (Å²) >= 11 is 5.84. The van der Waals surface area contributed by atoms with Crippen LogP contribution in [0.2, 0.25) is 5.02 Å². The maximum atomic E-state index is 12.4. The summed E-state index contributed by atoms with van der Waals surface area (Å²) in [6.45, 7) is 1.74. The lowest BCUT2D eigenvalue weighted by atomic mass is 10.2. The summed E-state index contributed by atoms with van der Waals surface area (Å²) in [4.78, 5) is 37.9. The number of carbonyl (C=O) groups excluding carboxylic acids is 3.